The summed E-state index contributed by atoms with van der Waals surface area (Å²) in [5, 5.41) is 31.1. The number of pyridine rings is 1. The van der Waals surface area contributed by atoms with Gasteiger partial charge in [0.25, 0.3) is 0 Å². The van der Waals surface area contributed by atoms with Gasteiger partial charge in [-0.05, 0) is 44.0 Å². The van der Waals surface area contributed by atoms with Crippen molar-refractivity contribution in [1.29, 1.82) is 0 Å². The highest BCUT2D eigenvalue weighted by atomic mass is 79.9. The van der Waals surface area contributed by atoms with Gasteiger partial charge in [0.1, 0.15) is 17.1 Å². The number of ether oxygens (including phenoxy) is 3. The summed E-state index contributed by atoms with van der Waals surface area (Å²) in [6.07, 6.45) is 1.33. The molecule has 5 atom stereocenters. The molecule has 0 spiro atoms. The van der Waals surface area contributed by atoms with Gasteiger partial charge in [-0.25, -0.2) is 4.79 Å². The van der Waals surface area contributed by atoms with Gasteiger partial charge >= 0.3 is 6.09 Å². The van der Waals surface area contributed by atoms with E-state index in [0.717, 1.165) is 10.0 Å². The Morgan fingerprint density at radius 3 is 2.46 bits per heavy atom. The van der Waals surface area contributed by atoms with Crippen LogP contribution in [-0.4, -0.2) is 59.7 Å². The molecule has 3 unspecified atom stereocenters. The van der Waals surface area contributed by atoms with Crippen molar-refractivity contribution in [1.82, 2.24) is 15.6 Å². The number of aromatic nitrogens is 1. The lowest BCUT2D eigenvalue weighted by Gasteiger charge is -2.41. The van der Waals surface area contributed by atoms with Crippen molar-refractivity contribution in [3.05, 3.63) is 88.2 Å². The summed E-state index contributed by atoms with van der Waals surface area (Å²) in [4.78, 5) is 16.3. The van der Waals surface area contributed by atoms with Crippen LogP contribution in [0.4, 0.5) is 4.79 Å². The number of hydrogen-bond donors (Lipinski definition) is 4. The number of carbonyl (C=O) groups excluding carboxylic acids is 1. The van der Waals surface area contributed by atoms with Gasteiger partial charge in [-0.15, -0.1) is 0 Å². The van der Waals surface area contributed by atoms with Crippen molar-refractivity contribution >= 4 is 22.0 Å². The summed E-state index contributed by atoms with van der Waals surface area (Å²) in [6.45, 7) is 6.52. The minimum absolute atomic E-state index is 0.328. The Morgan fingerprint density at radius 2 is 1.80 bits per heavy atom. The number of methoxy groups -OCH3 is 1. The zero-order valence-corrected chi connectivity index (χ0v) is 25.1. The fourth-order valence-electron chi connectivity index (χ4n) is 6.29. The number of amides is 1. The predicted octanol–water partition coefficient (Wildman–Crippen LogP) is 4.22. The fraction of sp³-hybridized carbons (Fsp3) is 0.419. The maximum Gasteiger partial charge on any atom is 0.407 e. The van der Waals surface area contributed by atoms with Gasteiger partial charge in [0.2, 0.25) is 0 Å². The Kier molecular flexibility index (Phi) is 8.04. The molecule has 4 N–H and O–H groups in total. The average Bonchev–Trinajstić information content (AvgIpc) is 3.31. The van der Waals surface area contributed by atoms with E-state index in [1.54, 1.807) is 6.20 Å². The van der Waals surface area contributed by atoms with Crippen LogP contribution in [0.1, 0.15) is 43.4 Å². The second-order valence-electron chi connectivity index (χ2n) is 11.5. The van der Waals surface area contributed by atoms with E-state index in [-0.39, 0.29) is 0 Å². The molecule has 5 rings (SSSR count). The molecule has 0 saturated heterocycles. The number of benzene rings is 2. The number of nitrogens with zero attached hydrogens (tertiary/aromatic N) is 1. The van der Waals surface area contributed by atoms with Crippen LogP contribution in [0.15, 0.2) is 71.5 Å². The molecule has 0 bridgehead atoms. The second kappa shape index (κ2) is 11.2. The zero-order chi connectivity index (χ0) is 29.4. The lowest BCUT2D eigenvalue weighted by Crippen LogP contribution is -2.52. The van der Waals surface area contributed by atoms with Gasteiger partial charge in [0, 0.05) is 35.9 Å². The monoisotopic (exact) mass is 625 g/mol. The Balaban J connectivity index is 1.54. The number of carbonyl (C=O) groups is 1. The van der Waals surface area contributed by atoms with Crippen LogP contribution in [0.5, 0.6) is 11.5 Å². The van der Waals surface area contributed by atoms with Crippen LogP contribution >= 0.6 is 15.9 Å². The Labute approximate surface area is 248 Å². The number of alkyl carbamates (subject to hydrolysis) is 1. The fourth-order valence-corrected chi connectivity index (χ4v) is 6.56. The van der Waals surface area contributed by atoms with Crippen molar-refractivity contribution in [2.75, 3.05) is 26.7 Å². The molecule has 10 heteroatoms. The maximum absolute atomic E-state index is 12.8. The third-order valence-corrected chi connectivity index (χ3v) is 8.32. The van der Waals surface area contributed by atoms with Crippen molar-refractivity contribution in [2.24, 2.45) is 5.92 Å². The highest BCUT2D eigenvalue weighted by molar-refractivity contribution is 9.10. The van der Waals surface area contributed by atoms with Gasteiger partial charge < -0.3 is 35.1 Å². The second-order valence-corrected chi connectivity index (χ2v) is 12.4. The minimum atomic E-state index is -1.87. The van der Waals surface area contributed by atoms with E-state index < -0.39 is 40.8 Å². The van der Waals surface area contributed by atoms with Crippen LogP contribution in [0.3, 0.4) is 0 Å². The summed E-state index contributed by atoms with van der Waals surface area (Å²) in [6, 6.07) is 17.4. The molecule has 1 saturated carbocycles. The van der Waals surface area contributed by atoms with Gasteiger partial charge in [-0.1, -0.05) is 58.4 Å². The van der Waals surface area contributed by atoms with Crippen LogP contribution in [-0.2, 0) is 15.9 Å². The summed E-state index contributed by atoms with van der Waals surface area (Å²) in [5.41, 5.74) is -1.86. The molecule has 41 heavy (non-hydrogen) atoms. The number of aliphatic hydroxyl groups is 2. The molecule has 3 aromatic rings. The van der Waals surface area contributed by atoms with Crippen LogP contribution < -0.4 is 20.1 Å². The number of aliphatic hydroxyl groups excluding tert-OH is 1. The Hall–Kier alpha value is -3.18. The number of nitrogens with one attached hydrogen (secondary N) is 2. The van der Waals surface area contributed by atoms with Crippen LogP contribution in [0, 0.1) is 5.92 Å². The zero-order valence-electron chi connectivity index (χ0n) is 23.6. The first kappa shape index (κ1) is 29.3. The van der Waals surface area contributed by atoms with E-state index >= 15 is 0 Å². The van der Waals surface area contributed by atoms with E-state index in [0.29, 0.717) is 42.3 Å². The maximum atomic E-state index is 12.8. The molecular weight excluding hydrogens is 590 g/mol. The summed E-state index contributed by atoms with van der Waals surface area (Å²) in [7, 11) is 1.51. The average molecular weight is 627 g/mol. The first-order valence-corrected chi connectivity index (χ1v) is 14.4. The molecule has 2 aromatic carbocycles. The molecule has 0 radical (unpaired) electrons. The summed E-state index contributed by atoms with van der Waals surface area (Å²) < 4.78 is 18.6. The molecule has 1 aliphatic carbocycles. The lowest BCUT2D eigenvalue weighted by atomic mass is 9.70. The first-order chi connectivity index (χ1) is 19.5. The molecule has 2 aliphatic rings. The molecule has 1 fully saturated rings. The van der Waals surface area contributed by atoms with E-state index in [9.17, 15) is 15.0 Å². The number of hydrogen-bond acceptors (Lipinski definition) is 8. The van der Waals surface area contributed by atoms with Crippen LogP contribution in [0.2, 0.25) is 0 Å². The van der Waals surface area contributed by atoms with Gasteiger partial charge in [-0.3, -0.25) is 4.98 Å². The molecule has 9 nitrogen and oxygen atoms in total. The number of rotatable bonds is 8. The predicted molar refractivity (Wildman–Crippen MR) is 157 cm³/mol. The quantitative estimate of drug-likeness (QED) is 0.275. The van der Waals surface area contributed by atoms with Gasteiger partial charge in [0.05, 0.1) is 31.2 Å². The summed E-state index contributed by atoms with van der Waals surface area (Å²) in [5.74, 6) is -0.264. The number of fused-ring (bicyclic) bond motifs is 3. The Bertz CT molecular complexity index is 1380. The van der Waals surface area contributed by atoms with Gasteiger partial charge in [0.15, 0.2) is 11.2 Å². The van der Waals surface area contributed by atoms with Crippen molar-refractivity contribution in [3.63, 3.8) is 0 Å². The smallest absolute Gasteiger partial charge is 0.407 e. The van der Waals surface area contributed by atoms with E-state index in [1.165, 1.54) is 13.3 Å². The molecule has 1 aliphatic heterocycles. The van der Waals surface area contributed by atoms with Crippen molar-refractivity contribution < 1.29 is 29.2 Å². The topological polar surface area (TPSA) is 122 Å². The van der Waals surface area contributed by atoms with E-state index in [2.05, 4.69) is 31.5 Å². The van der Waals surface area contributed by atoms with E-state index in [1.807, 2.05) is 75.4 Å². The molecule has 2 heterocycles. The van der Waals surface area contributed by atoms with Gasteiger partial charge in [-0.2, -0.15) is 0 Å². The highest BCUT2D eigenvalue weighted by Gasteiger charge is 2.76. The third kappa shape index (κ3) is 5.07. The van der Waals surface area contributed by atoms with Crippen LogP contribution in [0.25, 0.3) is 0 Å². The van der Waals surface area contributed by atoms with Crippen molar-refractivity contribution in [3.8, 4) is 11.5 Å². The molecule has 1 amide bonds. The SMILES string of the molecule is COc1cncc2c1C1(O)[C@H](O)[C@H](CNCCNC(=O)OC(C)(C)C)C(c3ccccc3)C1(c1ccc(Br)cc1)O2. The normalized spacial score (nSPS) is 26.6. The molecule has 1 aromatic heterocycles. The first-order valence-electron chi connectivity index (χ1n) is 13.6. The Morgan fingerprint density at radius 1 is 1.10 bits per heavy atom. The molecule has 218 valence electrons. The number of halogens is 1. The largest absolute Gasteiger partial charge is 0.495 e. The highest BCUT2D eigenvalue weighted by Crippen LogP contribution is 2.69. The van der Waals surface area contributed by atoms with E-state index in [4.69, 9.17) is 14.2 Å². The van der Waals surface area contributed by atoms with Crippen molar-refractivity contribution in [2.45, 2.75) is 49.6 Å². The molecular formula is C31H36BrN3O6. The lowest BCUT2D eigenvalue weighted by molar-refractivity contribution is -0.152. The minimum Gasteiger partial charge on any atom is -0.495 e. The third-order valence-electron chi connectivity index (χ3n) is 7.80. The standard InChI is InChI=1S/C31H36BrN3O6/c1-29(2,3)41-28(37)35-15-14-33-16-22-25(19-8-6-5-7-9-19)31(20-10-12-21(32)13-11-20)30(38,27(22)36)26-23(39-4)17-34-18-24(26)40-31/h5-13,17-18,22,25,27,33,36,38H,14-16H2,1-4H3,(H,35,37)/t22-,25?,27-,30?,31?/m1/s1. The summed E-state index contributed by atoms with van der Waals surface area (Å²) >= 11 is 3.52.